The number of hydrogen-bond acceptors (Lipinski definition) is 7. The molecule has 1 heterocycles. The number of nitrogens with zero attached hydrogens (tertiary/aromatic N) is 1. The molecule has 8 nitrogen and oxygen atoms in total. The molecule has 1 aliphatic rings. The summed E-state index contributed by atoms with van der Waals surface area (Å²) in [6.07, 6.45) is 10.8. The van der Waals surface area contributed by atoms with Crippen LogP contribution in [-0.2, 0) is 25.5 Å². The average molecular weight is 483 g/mol. The number of nitrogens with two attached hydrogens (primary N) is 1. The second kappa shape index (κ2) is 11.3. The van der Waals surface area contributed by atoms with E-state index in [-0.39, 0.29) is 24.5 Å². The molecule has 0 saturated heterocycles. The number of methoxy groups -OCH3 is 1. The number of aromatic nitrogens is 2. The van der Waals surface area contributed by atoms with Crippen LogP contribution in [-0.4, -0.2) is 57.8 Å². The second-order valence-corrected chi connectivity index (χ2v) is 9.21. The third-order valence-electron chi connectivity index (χ3n) is 5.83. The molecular weight excluding hydrogens is 452 g/mol. The number of H-pyrrole nitrogens is 1. The van der Waals surface area contributed by atoms with Gasteiger partial charge in [-0.15, -0.1) is 0 Å². The highest BCUT2D eigenvalue weighted by Crippen LogP contribution is 2.38. The lowest BCUT2D eigenvalue weighted by molar-refractivity contribution is -0.142. The van der Waals surface area contributed by atoms with Crippen molar-refractivity contribution in [1.82, 2.24) is 15.3 Å². The highest BCUT2D eigenvalue weighted by molar-refractivity contribution is 7.99. The van der Waals surface area contributed by atoms with Crippen molar-refractivity contribution in [2.75, 3.05) is 13.4 Å². The lowest BCUT2D eigenvalue weighted by atomic mass is 9.72. The predicted molar refractivity (Wildman–Crippen MR) is 132 cm³/mol. The van der Waals surface area contributed by atoms with Crippen molar-refractivity contribution in [2.45, 2.75) is 42.5 Å². The molecule has 1 aromatic heterocycles. The fraction of sp³-hybridized carbons (Fsp3) is 0.360. The lowest BCUT2D eigenvalue weighted by Gasteiger charge is -2.40. The number of ether oxygens (including phenoxy) is 1. The minimum Gasteiger partial charge on any atom is -0.468 e. The van der Waals surface area contributed by atoms with Crippen molar-refractivity contribution in [3.05, 3.63) is 77.9 Å². The molecule has 34 heavy (non-hydrogen) atoms. The van der Waals surface area contributed by atoms with Crippen LogP contribution in [0, 0.1) is 6.92 Å². The Morgan fingerprint density at radius 3 is 2.62 bits per heavy atom. The van der Waals surface area contributed by atoms with E-state index in [4.69, 9.17) is 10.5 Å². The minimum atomic E-state index is -1.36. The van der Waals surface area contributed by atoms with Crippen LogP contribution in [0.2, 0.25) is 0 Å². The Bertz CT molecular complexity index is 1080. The zero-order chi connectivity index (χ0) is 24.7. The van der Waals surface area contributed by atoms with E-state index in [1.165, 1.54) is 18.9 Å². The van der Waals surface area contributed by atoms with Crippen LogP contribution in [0.4, 0.5) is 0 Å². The molecule has 4 atom stereocenters. The number of carbonyl (C=O) groups is 3. The number of thioether (sulfide) groups is 1. The molecule has 0 saturated carbocycles. The van der Waals surface area contributed by atoms with E-state index in [0.717, 1.165) is 5.56 Å². The van der Waals surface area contributed by atoms with Gasteiger partial charge < -0.3 is 20.8 Å². The molecule has 1 aliphatic carbocycles. The zero-order valence-corrected chi connectivity index (χ0v) is 20.3. The number of carbonyl (C=O) groups excluding carboxylic acids is 3. The highest BCUT2D eigenvalue weighted by Gasteiger charge is 2.48. The number of esters is 1. The van der Waals surface area contributed by atoms with Crippen LogP contribution in [0.15, 0.2) is 60.8 Å². The summed E-state index contributed by atoms with van der Waals surface area (Å²) >= 11 is 1.30. The maximum Gasteiger partial charge on any atom is 0.322 e. The molecule has 180 valence electrons. The van der Waals surface area contributed by atoms with Gasteiger partial charge in [0.2, 0.25) is 5.91 Å². The number of hydrogen-bond donors (Lipinski definition) is 3. The van der Waals surface area contributed by atoms with E-state index >= 15 is 0 Å². The summed E-state index contributed by atoms with van der Waals surface area (Å²) in [7, 11) is 1.26. The number of allylic oxidation sites excluding steroid dienone is 2. The third-order valence-corrected chi connectivity index (χ3v) is 6.81. The first-order valence-corrected chi connectivity index (χ1v) is 12.2. The van der Waals surface area contributed by atoms with Gasteiger partial charge in [-0.1, -0.05) is 54.6 Å². The first-order valence-electron chi connectivity index (χ1n) is 10.9. The van der Waals surface area contributed by atoms with Crippen molar-refractivity contribution in [1.29, 1.82) is 0 Å². The smallest absolute Gasteiger partial charge is 0.322 e. The number of aryl methyl sites for hydroxylation is 1. The normalized spacial score (nSPS) is 21.0. The Balaban J connectivity index is 1.98. The number of benzene rings is 1. The topological polar surface area (TPSA) is 127 Å². The molecule has 0 radical (unpaired) electrons. The maximum absolute atomic E-state index is 14.1. The van der Waals surface area contributed by atoms with Gasteiger partial charge in [0, 0.05) is 17.8 Å². The second-order valence-electron chi connectivity index (χ2n) is 8.17. The Kier molecular flexibility index (Phi) is 8.46. The van der Waals surface area contributed by atoms with Gasteiger partial charge in [-0.2, -0.15) is 11.8 Å². The quantitative estimate of drug-likeness (QED) is 0.443. The van der Waals surface area contributed by atoms with Gasteiger partial charge >= 0.3 is 5.97 Å². The standard InChI is InChI=1S/C25H30N4O4S/c1-16-27-15-18(28-16)13-22(30)29-25(23(31)21(34-3)14-20(26)24(32)33-2)12-8-7-11-19(25)17-9-5-4-6-10-17/h4-12,15,19-21H,13-14,26H2,1-3H3,(H,27,28)(H,29,30). The van der Waals surface area contributed by atoms with Gasteiger partial charge in [-0.05, 0) is 25.2 Å². The molecule has 2 aromatic rings. The highest BCUT2D eigenvalue weighted by atomic mass is 32.2. The summed E-state index contributed by atoms with van der Waals surface area (Å²) in [5.74, 6) is -0.880. The van der Waals surface area contributed by atoms with Crippen LogP contribution in [0.1, 0.15) is 29.4 Å². The van der Waals surface area contributed by atoms with E-state index in [9.17, 15) is 14.4 Å². The van der Waals surface area contributed by atoms with E-state index < -0.39 is 28.7 Å². The van der Waals surface area contributed by atoms with E-state index in [1.807, 2.05) is 42.5 Å². The van der Waals surface area contributed by atoms with E-state index in [1.54, 1.807) is 31.5 Å². The number of ketones is 1. The van der Waals surface area contributed by atoms with Gasteiger partial charge in [0.05, 0.1) is 18.8 Å². The molecule has 0 bridgehead atoms. The predicted octanol–water partition coefficient (Wildman–Crippen LogP) is 2.22. The third kappa shape index (κ3) is 5.66. The molecule has 9 heteroatoms. The molecule has 0 fully saturated rings. The lowest BCUT2D eigenvalue weighted by Crippen LogP contribution is -2.60. The molecule has 0 aliphatic heterocycles. The molecule has 4 unspecified atom stereocenters. The Morgan fingerprint density at radius 2 is 2.00 bits per heavy atom. The number of aromatic amines is 1. The molecule has 3 rings (SSSR count). The summed E-state index contributed by atoms with van der Waals surface area (Å²) in [5, 5.41) is 2.38. The van der Waals surface area contributed by atoms with Gasteiger partial charge in [-0.3, -0.25) is 14.4 Å². The molecule has 0 spiro atoms. The summed E-state index contributed by atoms with van der Waals surface area (Å²) in [6.45, 7) is 1.81. The van der Waals surface area contributed by atoms with E-state index in [0.29, 0.717) is 11.5 Å². The summed E-state index contributed by atoms with van der Waals surface area (Å²) in [6, 6.07) is 8.58. The average Bonchev–Trinajstić information content (AvgIpc) is 3.26. The van der Waals surface area contributed by atoms with Gasteiger partial charge in [-0.25, -0.2) is 4.98 Å². The van der Waals surface area contributed by atoms with Gasteiger partial charge in [0.25, 0.3) is 0 Å². The summed E-state index contributed by atoms with van der Waals surface area (Å²) in [5.41, 5.74) is 6.17. The first kappa shape index (κ1) is 25.5. The molecule has 4 N–H and O–H groups in total. The van der Waals surface area contributed by atoms with E-state index in [2.05, 4.69) is 15.3 Å². The van der Waals surface area contributed by atoms with Crippen LogP contribution < -0.4 is 11.1 Å². The first-order chi connectivity index (χ1) is 16.3. The SMILES string of the molecule is COC(=O)C(N)CC(SC)C(=O)C1(NC(=O)Cc2cnc(C)[nH]2)C=CC=CC1c1ccccc1. The van der Waals surface area contributed by atoms with Crippen molar-refractivity contribution >= 4 is 29.4 Å². The number of rotatable bonds is 10. The molecule has 1 amide bonds. The number of nitrogens with one attached hydrogen (secondary N) is 2. The van der Waals surface area contributed by atoms with Crippen molar-refractivity contribution in [2.24, 2.45) is 5.73 Å². The van der Waals surface area contributed by atoms with Crippen LogP contribution in [0.3, 0.4) is 0 Å². The molecular formula is C25H30N4O4S. The Morgan fingerprint density at radius 1 is 1.26 bits per heavy atom. The molecule has 1 aromatic carbocycles. The Hall–Kier alpha value is -3.17. The van der Waals surface area contributed by atoms with Crippen molar-refractivity contribution in [3.63, 3.8) is 0 Å². The fourth-order valence-electron chi connectivity index (χ4n) is 4.15. The van der Waals surface area contributed by atoms with Crippen LogP contribution >= 0.6 is 11.8 Å². The fourth-order valence-corrected chi connectivity index (χ4v) is 4.96. The minimum absolute atomic E-state index is 0.0422. The number of imidazole rings is 1. The maximum atomic E-state index is 14.1. The summed E-state index contributed by atoms with van der Waals surface area (Å²) in [4.78, 5) is 46.4. The Labute approximate surface area is 203 Å². The monoisotopic (exact) mass is 482 g/mol. The largest absolute Gasteiger partial charge is 0.468 e. The van der Waals surface area contributed by atoms with Crippen LogP contribution in [0.25, 0.3) is 0 Å². The zero-order valence-electron chi connectivity index (χ0n) is 19.5. The van der Waals surface area contributed by atoms with Crippen molar-refractivity contribution < 1.29 is 19.1 Å². The summed E-state index contributed by atoms with van der Waals surface area (Å²) < 4.78 is 4.74. The van der Waals surface area contributed by atoms with Crippen LogP contribution in [0.5, 0.6) is 0 Å². The van der Waals surface area contributed by atoms with Gasteiger partial charge in [0.1, 0.15) is 17.4 Å². The number of Topliss-reactive ketones (excluding diaryl/α,β-unsaturated/α-hetero) is 1. The van der Waals surface area contributed by atoms with Crippen molar-refractivity contribution in [3.8, 4) is 0 Å². The number of amides is 1. The van der Waals surface area contributed by atoms with Gasteiger partial charge in [0.15, 0.2) is 5.78 Å².